The van der Waals surface area contributed by atoms with Crippen LogP contribution in [0.1, 0.15) is 28.4 Å². The smallest absolute Gasteiger partial charge is 0.338 e. The van der Waals surface area contributed by atoms with Gasteiger partial charge in [-0.05, 0) is 61.0 Å². The van der Waals surface area contributed by atoms with Gasteiger partial charge in [-0.3, -0.25) is 4.79 Å². The van der Waals surface area contributed by atoms with Crippen LogP contribution in [0.5, 0.6) is 5.75 Å². The van der Waals surface area contributed by atoms with Gasteiger partial charge in [-0.2, -0.15) is 5.26 Å². The van der Waals surface area contributed by atoms with E-state index in [4.69, 9.17) is 21.1 Å². The fraction of sp³-hybridized carbons (Fsp3) is 0.115. The molecule has 0 saturated heterocycles. The van der Waals surface area contributed by atoms with Crippen molar-refractivity contribution in [1.82, 2.24) is 0 Å². The Kier molecular flexibility index (Phi) is 8.38. The third-order valence-corrected chi connectivity index (χ3v) is 4.92. The van der Waals surface area contributed by atoms with Crippen LogP contribution >= 0.6 is 11.6 Å². The van der Waals surface area contributed by atoms with Crippen LogP contribution in [0.4, 0.5) is 10.1 Å². The summed E-state index contributed by atoms with van der Waals surface area (Å²) in [6.45, 7) is 1.97. The van der Waals surface area contributed by atoms with Gasteiger partial charge in [0.15, 0.2) is 0 Å². The van der Waals surface area contributed by atoms with Crippen LogP contribution in [0.15, 0.2) is 72.3 Å². The number of carbonyl (C=O) groups excluding carboxylic acids is 2. The molecule has 1 N–H and O–H groups in total. The van der Waals surface area contributed by atoms with Crippen LogP contribution in [0.2, 0.25) is 5.02 Å². The molecule has 0 atom stereocenters. The van der Waals surface area contributed by atoms with Gasteiger partial charge >= 0.3 is 5.97 Å². The van der Waals surface area contributed by atoms with Gasteiger partial charge in [-0.15, -0.1) is 0 Å². The third-order valence-electron chi connectivity index (χ3n) is 4.63. The van der Waals surface area contributed by atoms with E-state index in [0.29, 0.717) is 28.1 Å². The van der Waals surface area contributed by atoms with Gasteiger partial charge in [0.05, 0.1) is 17.2 Å². The lowest BCUT2D eigenvalue weighted by Gasteiger charge is -2.10. The first-order chi connectivity index (χ1) is 16.4. The molecular formula is C26H20ClFN2O4. The standard InChI is InChI=1S/C26H20ClFN2O4/c1-2-33-26(32)18-8-10-21(11-9-18)30-25(31)20(15-29)13-17-7-12-24(22(27)14-17)34-16-19-5-3-4-6-23(19)28/h3-14H,2,16H2,1H3,(H,30,31)/b20-13+. The largest absolute Gasteiger partial charge is 0.487 e. The van der Waals surface area contributed by atoms with Crippen molar-refractivity contribution in [2.75, 3.05) is 11.9 Å². The fourth-order valence-corrected chi connectivity index (χ4v) is 3.16. The minimum atomic E-state index is -0.623. The molecule has 0 unspecified atom stereocenters. The molecule has 0 aliphatic heterocycles. The van der Waals surface area contributed by atoms with Crippen LogP contribution < -0.4 is 10.1 Å². The van der Waals surface area contributed by atoms with Crippen LogP contribution in [0, 0.1) is 17.1 Å². The molecule has 0 aliphatic carbocycles. The van der Waals surface area contributed by atoms with Gasteiger partial charge in [0.25, 0.3) is 5.91 Å². The van der Waals surface area contributed by atoms with Crippen molar-refractivity contribution in [2.45, 2.75) is 13.5 Å². The molecule has 1 amide bonds. The van der Waals surface area contributed by atoms with E-state index in [1.54, 1.807) is 37.3 Å². The van der Waals surface area contributed by atoms with Crippen LogP contribution in [-0.2, 0) is 16.1 Å². The second kappa shape index (κ2) is 11.6. The summed E-state index contributed by atoms with van der Waals surface area (Å²) in [5.41, 5.74) is 1.51. The second-order valence-electron chi connectivity index (χ2n) is 6.99. The molecule has 6 nitrogen and oxygen atoms in total. The van der Waals surface area contributed by atoms with Gasteiger partial charge < -0.3 is 14.8 Å². The number of rotatable bonds is 8. The highest BCUT2D eigenvalue weighted by Gasteiger charge is 2.12. The quantitative estimate of drug-likeness (QED) is 0.252. The molecule has 0 spiro atoms. The van der Waals surface area contributed by atoms with E-state index < -0.39 is 11.9 Å². The molecule has 0 saturated carbocycles. The predicted molar refractivity (Wildman–Crippen MR) is 127 cm³/mol. The zero-order valence-electron chi connectivity index (χ0n) is 18.2. The maximum atomic E-state index is 13.7. The molecule has 3 rings (SSSR count). The molecule has 0 heterocycles. The summed E-state index contributed by atoms with van der Waals surface area (Å²) < 4.78 is 24.3. The molecular weight excluding hydrogens is 459 g/mol. The number of ether oxygens (including phenoxy) is 2. The lowest BCUT2D eigenvalue weighted by molar-refractivity contribution is -0.112. The monoisotopic (exact) mass is 478 g/mol. The Balaban J connectivity index is 1.67. The number of hydrogen-bond acceptors (Lipinski definition) is 5. The number of esters is 1. The van der Waals surface area contributed by atoms with Gasteiger partial charge in [-0.25, -0.2) is 9.18 Å². The number of nitrogens with zero attached hydrogens (tertiary/aromatic N) is 1. The van der Waals surface area contributed by atoms with E-state index >= 15 is 0 Å². The maximum Gasteiger partial charge on any atom is 0.338 e. The Morgan fingerprint density at radius 1 is 1.12 bits per heavy atom. The summed E-state index contributed by atoms with van der Waals surface area (Å²) >= 11 is 6.26. The fourth-order valence-electron chi connectivity index (χ4n) is 2.91. The van der Waals surface area contributed by atoms with E-state index in [2.05, 4.69) is 5.32 Å². The molecule has 34 heavy (non-hydrogen) atoms. The molecule has 0 fully saturated rings. The van der Waals surface area contributed by atoms with Crippen molar-refractivity contribution in [2.24, 2.45) is 0 Å². The first kappa shape index (κ1) is 24.5. The normalized spacial score (nSPS) is 10.8. The summed E-state index contributed by atoms with van der Waals surface area (Å²) in [6, 6.07) is 19.0. The number of nitrogens with one attached hydrogen (secondary N) is 1. The van der Waals surface area contributed by atoms with Crippen molar-refractivity contribution in [3.8, 4) is 11.8 Å². The van der Waals surface area contributed by atoms with Crippen molar-refractivity contribution >= 4 is 35.2 Å². The Labute approximate surface area is 201 Å². The summed E-state index contributed by atoms with van der Waals surface area (Å²) in [4.78, 5) is 24.2. The van der Waals surface area contributed by atoms with E-state index in [1.807, 2.05) is 6.07 Å². The van der Waals surface area contributed by atoms with Gasteiger partial charge in [0.1, 0.15) is 29.8 Å². The summed E-state index contributed by atoms with van der Waals surface area (Å²) in [5, 5.41) is 12.3. The van der Waals surface area contributed by atoms with Crippen molar-refractivity contribution < 1.29 is 23.5 Å². The minimum absolute atomic E-state index is 0.00237. The summed E-state index contributed by atoms with van der Waals surface area (Å²) in [6.07, 6.45) is 1.38. The zero-order chi connectivity index (χ0) is 24.5. The molecule has 0 bridgehead atoms. The molecule has 3 aromatic rings. The number of halogens is 2. The maximum absolute atomic E-state index is 13.7. The van der Waals surface area contributed by atoms with E-state index in [9.17, 15) is 19.2 Å². The number of hydrogen-bond donors (Lipinski definition) is 1. The number of nitriles is 1. The summed E-state index contributed by atoms with van der Waals surface area (Å²) in [5.74, 6) is -1.12. The number of anilines is 1. The molecule has 8 heteroatoms. The Morgan fingerprint density at radius 2 is 1.85 bits per heavy atom. The average Bonchev–Trinajstić information content (AvgIpc) is 2.83. The number of amides is 1. The lowest BCUT2D eigenvalue weighted by Crippen LogP contribution is -2.13. The lowest BCUT2D eigenvalue weighted by atomic mass is 10.1. The predicted octanol–water partition coefficient (Wildman–Crippen LogP) is 5.78. The third kappa shape index (κ3) is 6.44. The Morgan fingerprint density at radius 3 is 2.50 bits per heavy atom. The van der Waals surface area contributed by atoms with E-state index in [1.165, 1.54) is 42.5 Å². The SMILES string of the molecule is CCOC(=O)c1ccc(NC(=O)/C(C#N)=C/c2ccc(OCc3ccccc3F)c(Cl)c2)cc1. The first-order valence-electron chi connectivity index (χ1n) is 10.3. The van der Waals surface area contributed by atoms with Gasteiger partial charge in [-0.1, -0.05) is 35.9 Å². The molecule has 0 radical (unpaired) electrons. The zero-order valence-corrected chi connectivity index (χ0v) is 18.9. The van der Waals surface area contributed by atoms with Crippen LogP contribution in [0.25, 0.3) is 6.08 Å². The van der Waals surface area contributed by atoms with Crippen LogP contribution in [-0.4, -0.2) is 18.5 Å². The molecule has 0 aromatic heterocycles. The Bertz CT molecular complexity index is 1270. The highest BCUT2D eigenvalue weighted by Crippen LogP contribution is 2.27. The highest BCUT2D eigenvalue weighted by molar-refractivity contribution is 6.32. The average molecular weight is 479 g/mol. The van der Waals surface area contributed by atoms with Gasteiger partial charge in [0, 0.05) is 11.3 Å². The van der Waals surface area contributed by atoms with Crippen molar-refractivity contribution in [3.05, 3.63) is 99.8 Å². The van der Waals surface area contributed by atoms with Gasteiger partial charge in [0.2, 0.25) is 0 Å². The number of carbonyl (C=O) groups is 2. The topological polar surface area (TPSA) is 88.4 Å². The number of benzene rings is 3. The first-order valence-corrected chi connectivity index (χ1v) is 10.6. The minimum Gasteiger partial charge on any atom is -0.487 e. The summed E-state index contributed by atoms with van der Waals surface area (Å²) in [7, 11) is 0. The van der Waals surface area contributed by atoms with Crippen molar-refractivity contribution in [3.63, 3.8) is 0 Å². The Hall–Kier alpha value is -4.15. The molecule has 0 aliphatic rings. The van der Waals surface area contributed by atoms with E-state index in [-0.39, 0.29) is 29.6 Å². The highest BCUT2D eigenvalue weighted by atomic mass is 35.5. The second-order valence-corrected chi connectivity index (χ2v) is 7.40. The van der Waals surface area contributed by atoms with Crippen molar-refractivity contribution in [1.29, 1.82) is 5.26 Å². The molecule has 3 aromatic carbocycles. The molecule has 172 valence electrons. The van der Waals surface area contributed by atoms with Crippen LogP contribution in [0.3, 0.4) is 0 Å². The van der Waals surface area contributed by atoms with E-state index in [0.717, 1.165) is 0 Å².